The Morgan fingerprint density at radius 2 is 0.814 bits per heavy atom. The number of aryl methyl sites for hydroxylation is 8. The van der Waals surface area contributed by atoms with Crippen LogP contribution in [0.4, 0.5) is 11.4 Å². The summed E-state index contributed by atoms with van der Waals surface area (Å²) in [5.74, 6) is 0. The van der Waals surface area contributed by atoms with Gasteiger partial charge in [0, 0.05) is 31.5 Å². The van der Waals surface area contributed by atoms with E-state index in [2.05, 4.69) is 130 Å². The van der Waals surface area contributed by atoms with E-state index in [0.29, 0.717) is 0 Å². The number of rotatable bonds is 9. The molecule has 0 N–H and O–H groups in total. The van der Waals surface area contributed by atoms with Gasteiger partial charge in [-0.1, -0.05) is 87.4 Å². The maximum Gasteiger partial charge on any atom is 0.0741 e. The largest absolute Gasteiger partial charge is 0.251 e. The van der Waals surface area contributed by atoms with Crippen molar-refractivity contribution in [3.05, 3.63) is 105 Å². The molecule has 0 radical (unpaired) electrons. The molecule has 0 amide bonds. The molecule has 0 saturated carbocycles. The minimum Gasteiger partial charge on any atom is -0.251 e. The molecule has 0 aliphatic rings. The van der Waals surface area contributed by atoms with Crippen molar-refractivity contribution < 1.29 is 20.4 Å². The van der Waals surface area contributed by atoms with Gasteiger partial charge in [-0.25, -0.2) is 0 Å². The molecule has 0 spiro atoms. The molecule has 43 heavy (non-hydrogen) atoms. The van der Waals surface area contributed by atoms with Crippen LogP contribution in [0.15, 0.2) is 70.6 Å². The number of benzene rings is 4. The van der Waals surface area contributed by atoms with Gasteiger partial charge in [-0.05, 0) is 124 Å². The van der Waals surface area contributed by atoms with Gasteiger partial charge in [-0.3, -0.25) is 9.98 Å². The molecule has 0 unspecified atom stereocenters. The molecule has 4 aromatic rings. The second-order valence-electron chi connectivity index (χ2n) is 11.7. The van der Waals surface area contributed by atoms with Crippen LogP contribution in [-0.4, -0.2) is 11.4 Å². The van der Waals surface area contributed by atoms with Crippen LogP contribution >= 0.6 is 0 Å². The topological polar surface area (TPSA) is 24.7 Å². The molecule has 3 heteroatoms. The second kappa shape index (κ2) is 15.1. The first-order valence-electron chi connectivity index (χ1n) is 15.7. The van der Waals surface area contributed by atoms with Gasteiger partial charge in [0.1, 0.15) is 0 Å². The van der Waals surface area contributed by atoms with Gasteiger partial charge in [0.15, 0.2) is 0 Å². The van der Waals surface area contributed by atoms with Crippen LogP contribution in [0.3, 0.4) is 0 Å². The number of nitrogens with zero attached hydrogens (tertiary/aromatic N) is 2. The third kappa shape index (κ3) is 7.34. The fraction of sp³-hybridized carbons (Fsp3) is 0.350. The average molecular weight is 663 g/mol. The number of aliphatic imine (C=N–C) groups is 2. The van der Waals surface area contributed by atoms with Gasteiger partial charge < -0.3 is 0 Å². The summed E-state index contributed by atoms with van der Waals surface area (Å²) in [5.41, 5.74) is 19.5. The molecule has 4 aromatic carbocycles. The summed E-state index contributed by atoms with van der Waals surface area (Å²) < 4.78 is 0. The zero-order valence-corrected chi connectivity index (χ0v) is 29.4. The Morgan fingerprint density at radius 3 is 1.09 bits per heavy atom. The Balaban J connectivity index is 0.00000506. The van der Waals surface area contributed by atoms with Crippen molar-refractivity contribution in [2.75, 3.05) is 0 Å². The fourth-order valence-electron chi connectivity index (χ4n) is 6.27. The zero-order chi connectivity index (χ0) is 30.6. The number of hydrogen-bond acceptors (Lipinski definition) is 2. The van der Waals surface area contributed by atoms with Gasteiger partial charge in [0.2, 0.25) is 0 Å². The molecule has 0 bridgehead atoms. The predicted molar refractivity (Wildman–Crippen MR) is 186 cm³/mol. The first kappa shape index (κ1) is 34.4. The molecule has 4 rings (SSSR count). The van der Waals surface area contributed by atoms with E-state index in [1.807, 2.05) is 0 Å². The first-order chi connectivity index (χ1) is 20.1. The summed E-state index contributed by atoms with van der Waals surface area (Å²) in [6.45, 7) is 21.9. The Bertz CT molecular complexity index is 1500. The quantitative estimate of drug-likeness (QED) is 0.126. The molecular formula is C40H48N2Pd. The van der Waals surface area contributed by atoms with Crippen LogP contribution in [0.2, 0.25) is 0 Å². The van der Waals surface area contributed by atoms with Crippen molar-refractivity contribution in [1.29, 1.82) is 0 Å². The Kier molecular flexibility index (Phi) is 12.0. The van der Waals surface area contributed by atoms with Crippen molar-refractivity contribution in [3.8, 4) is 22.3 Å². The van der Waals surface area contributed by atoms with E-state index < -0.39 is 0 Å². The zero-order valence-electron chi connectivity index (χ0n) is 27.8. The van der Waals surface area contributed by atoms with Crippen LogP contribution in [0.25, 0.3) is 22.3 Å². The number of hydrogen-bond donors (Lipinski definition) is 0. The Hall–Kier alpha value is -3.12. The summed E-state index contributed by atoms with van der Waals surface area (Å²) >= 11 is 0. The van der Waals surface area contributed by atoms with Crippen LogP contribution in [0.1, 0.15) is 86.1 Å². The normalized spacial score (nSPS) is 12.0. The minimum absolute atomic E-state index is 0. The Morgan fingerprint density at radius 1 is 0.512 bits per heavy atom. The van der Waals surface area contributed by atoms with Crippen molar-refractivity contribution >= 4 is 22.8 Å². The van der Waals surface area contributed by atoms with E-state index in [1.54, 1.807) is 0 Å². The SMILES string of the molecule is CCc1cccc(CC)c1-c1cc(C)cc(C)c1N=C(C)C(C)=Nc1c(C)cc(C)cc1-c1c(CC)cccc1CC.[Pd]. The van der Waals surface area contributed by atoms with Crippen molar-refractivity contribution in [3.63, 3.8) is 0 Å². The van der Waals surface area contributed by atoms with E-state index in [1.165, 1.54) is 66.8 Å². The minimum atomic E-state index is 0. The van der Waals surface area contributed by atoms with E-state index >= 15 is 0 Å². The van der Waals surface area contributed by atoms with Gasteiger partial charge in [-0.15, -0.1) is 0 Å². The average Bonchev–Trinajstić information content (AvgIpc) is 2.98. The van der Waals surface area contributed by atoms with Crippen LogP contribution in [0, 0.1) is 27.7 Å². The predicted octanol–water partition coefficient (Wildman–Crippen LogP) is 11.4. The summed E-state index contributed by atoms with van der Waals surface area (Å²) in [6.07, 6.45) is 3.97. The third-order valence-corrected chi connectivity index (χ3v) is 8.51. The van der Waals surface area contributed by atoms with E-state index in [4.69, 9.17) is 9.98 Å². The summed E-state index contributed by atoms with van der Waals surface area (Å²) in [5, 5.41) is 0. The fourth-order valence-corrected chi connectivity index (χ4v) is 6.27. The molecule has 0 aromatic heterocycles. The monoisotopic (exact) mass is 662 g/mol. The second-order valence-corrected chi connectivity index (χ2v) is 11.7. The van der Waals surface area contributed by atoms with Crippen molar-refractivity contribution in [2.45, 2.75) is 94.9 Å². The molecule has 0 heterocycles. The molecule has 0 aliphatic carbocycles. The van der Waals surface area contributed by atoms with E-state index in [-0.39, 0.29) is 20.4 Å². The molecule has 0 atom stereocenters. The van der Waals surface area contributed by atoms with Crippen LogP contribution in [0.5, 0.6) is 0 Å². The summed E-state index contributed by atoms with van der Waals surface area (Å²) in [4.78, 5) is 10.7. The molecule has 228 valence electrons. The molecule has 2 nitrogen and oxygen atoms in total. The summed E-state index contributed by atoms with van der Waals surface area (Å²) in [7, 11) is 0. The summed E-state index contributed by atoms with van der Waals surface area (Å²) in [6, 6.07) is 22.6. The van der Waals surface area contributed by atoms with Crippen molar-refractivity contribution in [2.24, 2.45) is 9.98 Å². The van der Waals surface area contributed by atoms with Gasteiger partial charge >= 0.3 is 0 Å². The van der Waals surface area contributed by atoms with E-state index in [9.17, 15) is 0 Å². The van der Waals surface area contributed by atoms with Gasteiger partial charge in [0.05, 0.1) is 22.8 Å². The standard InChI is InChI=1S/C40H48N2.Pd/c1-11-31-17-15-18-32(12-2)37(31)35-23-25(5)21-27(7)39(35)41-29(9)30(10)42-40-28(8)22-26(6)24-36(40)38-33(13-3)19-16-20-34(38)14-4;/h15-24H,11-14H2,1-10H3;. The molecular weight excluding hydrogens is 615 g/mol. The van der Waals surface area contributed by atoms with E-state index in [0.717, 1.165) is 48.5 Å². The third-order valence-electron chi connectivity index (χ3n) is 8.51. The maximum absolute atomic E-state index is 5.33. The van der Waals surface area contributed by atoms with Gasteiger partial charge in [0.25, 0.3) is 0 Å². The smallest absolute Gasteiger partial charge is 0.0741 e. The molecule has 0 fully saturated rings. The van der Waals surface area contributed by atoms with Crippen molar-refractivity contribution in [1.82, 2.24) is 0 Å². The van der Waals surface area contributed by atoms with Crippen LogP contribution in [-0.2, 0) is 46.1 Å². The van der Waals surface area contributed by atoms with Crippen LogP contribution < -0.4 is 0 Å². The maximum atomic E-state index is 5.33. The molecule has 0 aliphatic heterocycles. The molecule has 0 saturated heterocycles. The first-order valence-corrected chi connectivity index (χ1v) is 15.7. The van der Waals surface area contributed by atoms with Gasteiger partial charge in [-0.2, -0.15) is 0 Å². The Labute approximate surface area is 274 Å².